The molecule has 47 heavy (non-hydrogen) atoms. The third-order valence-corrected chi connectivity index (χ3v) is 8.10. The molecule has 0 fully saturated rings. The molecule has 0 aliphatic rings. The molecule has 0 N–H and O–H groups in total. The Morgan fingerprint density at radius 1 is 0.638 bits per heavy atom. The zero-order chi connectivity index (χ0) is 33.9. The van der Waals surface area contributed by atoms with Gasteiger partial charge in [0.2, 0.25) is 0 Å². The molecular formula is C39H49ClO7. The van der Waals surface area contributed by atoms with Crippen molar-refractivity contribution in [2.24, 2.45) is 0 Å². The van der Waals surface area contributed by atoms with E-state index in [1.165, 1.54) is 69.7 Å². The Morgan fingerprint density at radius 2 is 1.17 bits per heavy atom. The topological polar surface area (TPSA) is 88.1 Å². The van der Waals surface area contributed by atoms with Crippen LogP contribution in [0.15, 0.2) is 66.7 Å². The number of rotatable bonds is 21. The molecule has 1 atom stereocenters. The van der Waals surface area contributed by atoms with Gasteiger partial charge in [0.05, 0.1) is 29.4 Å². The van der Waals surface area contributed by atoms with Crippen LogP contribution in [0.1, 0.15) is 119 Å². The molecule has 0 saturated carbocycles. The van der Waals surface area contributed by atoms with Gasteiger partial charge in [0.15, 0.2) is 6.10 Å². The zero-order valence-corrected chi connectivity index (χ0v) is 28.8. The second kappa shape index (κ2) is 21.1. The lowest BCUT2D eigenvalue weighted by atomic mass is 10.0. The van der Waals surface area contributed by atoms with E-state index in [9.17, 15) is 14.4 Å². The van der Waals surface area contributed by atoms with Crippen molar-refractivity contribution in [3.05, 3.63) is 82.9 Å². The number of unbranched alkanes of at least 4 members (excludes halogenated alkanes) is 10. The van der Waals surface area contributed by atoms with Crippen molar-refractivity contribution in [2.75, 3.05) is 13.2 Å². The van der Waals surface area contributed by atoms with Crippen molar-refractivity contribution in [1.29, 1.82) is 0 Å². The monoisotopic (exact) mass is 664 g/mol. The quantitative estimate of drug-likeness (QED) is 0.0636. The lowest BCUT2D eigenvalue weighted by Crippen LogP contribution is -2.26. The average molecular weight is 665 g/mol. The van der Waals surface area contributed by atoms with E-state index in [1.807, 2.05) is 30.3 Å². The Balaban J connectivity index is 1.44. The van der Waals surface area contributed by atoms with Gasteiger partial charge in [0.25, 0.3) is 0 Å². The predicted molar refractivity (Wildman–Crippen MR) is 186 cm³/mol. The van der Waals surface area contributed by atoms with Gasteiger partial charge in [-0.25, -0.2) is 14.4 Å². The number of hydrogen-bond acceptors (Lipinski definition) is 7. The Labute approximate surface area is 284 Å². The van der Waals surface area contributed by atoms with Gasteiger partial charge in [-0.15, -0.1) is 0 Å². The fraction of sp³-hybridized carbons (Fsp3) is 0.462. The van der Waals surface area contributed by atoms with Gasteiger partial charge in [-0.05, 0) is 79.4 Å². The van der Waals surface area contributed by atoms with Crippen LogP contribution < -0.4 is 9.47 Å². The summed E-state index contributed by atoms with van der Waals surface area (Å²) in [5.41, 5.74) is 2.40. The summed E-state index contributed by atoms with van der Waals surface area (Å²) in [6, 6.07) is 18.7. The third kappa shape index (κ3) is 13.4. The summed E-state index contributed by atoms with van der Waals surface area (Å²) in [6.45, 7) is 6.77. The second-order valence-corrected chi connectivity index (χ2v) is 12.1. The number of ether oxygens (including phenoxy) is 4. The van der Waals surface area contributed by atoms with E-state index in [1.54, 1.807) is 12.1 Å². The molecule has 3 rings (SSSR count). The van der Waals surface area contributed by atoms with Gasteiger partial charge >= 0.3 is 17.9 Å². The Bertz CT molecular complexity index is 1390. The highest BCUT2D eigenvalue weighted by molar-refractivity contribution is 6.32. The first-order chi connectivity index (χ1) is 22.8. The van der Waals surface area contributed by atoms with Crippen LogP contribution in [0.25, 0.3) is 11.1 Å². The zero-order valence-electron chi connectivity index (χ0n) is 28.1. The van der Waals surface area contributed by atoms with Crippen LogP contribution in [0.5, 0.6) is 11.5 Å². The number of halogens is 1. The molecule has 0 unspecified atom stereocenters. The lowest BCUT2D eigenvalue weighted by molar-refractivity contribution is -0.153. The van der Waals surface area contributed by atoms with Gasteiger partial charge in [-0.1, -0.05) is 108 Å². The van der Waals surface area contributed by atoms with Crippen molar-refractivity contribution < 1.29 is 33.3 Å². The van der Waals surface area contributed by atoms with Crippen LogP contribution in [0.4, 0.5) is 0 Å². The molecule has 0 aliphatic heterocycles. The lowest BCUT2D eigenvalue weighted by Gasteiger charge is -2.13. The Hall–Kier alpha value is -3.84. The van der Waals surface area contributed by atoms with Gasteiger partial charge in [-0.3, -0.25) is 0 Å². The van der Waals surface area contributed by atoms with Crippen molar-refractivity contribution >= 4 is 29.5 Å². The normalized spacial score (nSPS) is 11.5. The first kappa shape index (κ1) is 37.6. The van der Waals surface area contributed by atoms with Crippen molar-refractivity contribution in [3.8, 4) is 22.6 Å². The maximum atomic E-state index is 12.8. The van der Waals surface area contributed by atoms with Crippen molar-refractivity contribution in [1.82, 2.24) is 0 Å². The minimum absolute atomic E-state index is 0.222. The van der Waals surface area contributed by atoms with Crippen LogP contribution in [0, 0.1) is 0 Å². The molecule has 254 valence electrons. The highest BCUT2D eigenvalue weighted by Crippen LogP contribution is 2.31. The van der Waals surface area contributed by atoms with Crippen LogP contribution >= 0.6 is 11.6 Å². The molecule has 0 bridgehead atoms. The number of carbonyl (C=O) groups is 3. The van der Waals surface area contributed by atoms with E-state index in [0.717, 1.165) is 49.7 Å². The van der Waals surface area contributed by atoms with Crippen LogP contribution in [-0.2, 0) is 14.3 Å². The summed E-state index contributed by atoms with van der Waals surface area (Å²) in [6.07, 6.45) is 12.9. The second-order valence-electron chi connectivity index (χ2n) is 11.7. The van der Waals surface area contributed by atoms with Gasteiger partial charge in [-0.2, -0.15) is 0 Å². The molecular weight excluding hydrogens is 616 g/mol. The van der Waals surface area contributed by atoms with Crippen molar-refractivity contribution in [2.45, 2.75) is 104 Å². The summed E-state index contributed by atoms with van der Waals surface area (Å²) >= 11 is 6.51. The molecule has 0 spiro atoms. The molecule has 0 radical (unpaired) electrons. The minimum atomic E-state index is -1.03. The summed E-state index contributed by atoms with van der Waals surface area (Å²) < 4.78 is 21.8. The summed E-state index contributed by atoms with van der Waals surface area (Å²) in [4.78, 5) is 37.4. The number of esters is 3. The standard InChI is InChI=1S/C39H49ClO7/c1-4-6-8-10-11-12-13-15-26-44-36-25-22-33(28-35(36)40)30-16-18-31(19-17-30)39(43)47-34-23-20-32(21-24-34)38(42)46-29(3)37(41)45-27-14-9-7-5-2/h16-25,28-29H,4-15,26-27H2,1-3H3/t29-/m0/s1. The molecule has 0 saturated heterocycles. The average Bonchev–Trinajstić information content (AvgIpc) is 3.08. The fourth-order valence-electron chi connectivity index (χ4n) is 4.93. The molecule has 3 aromatic carbocycles. The number of carbonyl (C=O) groups excluding carboxylic acids is 3. The van der Waals surface area contributed by atoms with E-state index >= 15 is 0 Å². The summed E-state index contributed by atoms with van der Waals surface area (Å²) in [5.74, 6) is -0.848. The SMILES string of the molecule is CCCCCCCCCCOc1ccc(-c2ccc(C(=O)Oc3ccc(C(=O)O[C@@H](C)C(=O)OCCCCCC)cc3)cc2)cc1Cl. The first-order valence-corrected chi connectivity index (χ1v) is 17.4. The smallest absolute Gasteiger partial charge is 0.347 e. The third-order valence-electron chi connectivity index (χ3n) is 7.80. The van der Waals surface area contributed by atoms with Crippen LogP contribution in [0.3, 0.4) is 0 Å². The summed E-state index contributed by atoms with van der Waals surface area (Å²) in [5, 5.41) is 0.546. The largest absolute Gasteiger partial charge is 0.492 e. The molecule has 0 aliphatic carbocycles. The highest BCUT2D eigenvalue weighted by Gasteiger charge is 2.20. The van der Waals surface area contributed by atoms with E-state index < -0.39 is 24.0 Å². The van der Waals surface area contributed by atoms with Gasteiger partial charge < -0.3 is 18.9 Å². The van der Waals surface area contributed by atoms with Crippen molar-refractivity contribution in [3.63, 3.8) is 0 Å². The van der Waals surface area contributed by atoms with Crippen LogP contribution in [-0.4, -0.2) is 37.2 Å². The number of hydrogen-bond donors (Lipinski definition) is 0. The molecule has 0 amide bonds. The van der Waals surface area contributed by atoms with Gasteiger partial charge in [0, 0.05) is 0 Å². The minimum Gasteiger partial charge on any atom is -0.492 e. The molecule has 8 heteroatoms. The first-order valence-electron chi connectivity index (χ1n) is 17.0. The molecule has 3 aromatic rings. The number of benzene rings is 3. The van der Waals surface area contributed by atoms with Gasteiger partial charge in [0.1, 0.15) is 11.5 Å². The van der Waals surface area contributed by atoms with Crippen LogP contribution in [0.2, 0.25) is 5.02 Å². The van der Waals surface area contributed by atoms with E-state index in [0.29, 0.717) is 29.5 Å². The fourth-order valence-corrected chi connectivity index (χ4v) is 5.17. The Kier molecular flexibility index (Phi) is 16.9. The van der Waals surface area contributed by atoms with E-state index in [4.69, 9.17) is 30.5 Å². The molecule has 7 nitrogen and oxygen atoms in total. The molecule has 0 heterocycles. The predicted octanol–water partition coefficient (Wildman–Crippen LogP) is 10.4. The maximum absolute atomic E-state index is 12.8. The Morgan fingerprint density at radius 3 is 1.81 bits per heavy atom. The highest BCUT2D eigenvalue weighted by atomic mass is 35.5. The van der Waals surface area contributed by atoms with E-state index in [2.05, 4.69) is 13.8 Å². The summed E-state index contributed by atoms with van der Waals surface area (Å²) in [7, 11) is 0. The van der Waals surface area contributed by atoms with E-state index in [-0.39, 0.29) is 11.3 Å². The molecule has 0 aromatic heterocycles. The maximum Gasteiger partial charge on any atom is 0.347 e.